The van der Waals surface area contributed by atoms with Crippen LogP contribution in [0.1, 0.15) is 30.0 Å². The van der Waals surface area contributed by atoms with E-state index in [1.165, 1.54) is 12.1 Å². The Morgan fingerprint density at radius 3 is 2.12 bits per heavy atom. The van der Waals surface area contributed by atoms with Gasteiger partial charge in [-0.25, -0.2) is 8.42 Å². The molecule has 0 bridgehead atoms. The van der Waals surface area contributed by atoms with E-state index in [1.54, 1.807) is 18.2 Å². The first-order valence-corrected chi connectivity index (χ1v) is 11.9. The largest absolute Gasteiger partial charge is 0.481 e. The molecule has 168 valence electrons. The summed E-state index contributed by atoms with van der Waals surface area (Å²) in [5, 5.41) is 2.79. The maximum Gasteiger partial charge on any atom is 0.265 e. The molecule has 1 amide bonds. The number of amides is 1. The topological polar surface area (TPSA) is 84.5 Å². The van der Waals surface area contributed by atoms with Crippen molar-refractivity contribution >= 4 is 27.3 Å². The normalized spacial score (nSPS) is 12.1. The number of carbonyl (C=O) groups is 1. The third-order valence-electron chi connectivity index (χ3n) is 5.02. The summed E-state index contributed by atoms with van der Waals surface area (Å²) in [6, 6.07) is 19.1. The fourth-order valence-corrected chi connectivity index (χ4v) is 4.31. The van der Waals surface area contributed by atoms with Gasteiger partial charge in [0.25, 0.3) is 15.9 Å². The van der Waals surface area contributed by atoms with Crippen molar-refractivity contribution in [2.24, 2.45) is 0 Å². The molecule has 0 radical (unpaired) electrons. The van der Waals surface area contributed by atoms with Crippen molar-refractivity contribution in [2.75, 3.05) is 10.0 Å². The van der Waals surface area contributed by atoms with Gasteiger partial charge in [0, 0.05) is 5.69 Å². The summed E-state index contributed by atoms with van der Waals surface area (Å²) >= 11 is 0. The highest BCUT2D eigenvalue weighted by Gasteiger charge is 2.20. The molecule has 1 atom stereocenters. The van der Waals surface area contributed by atoms with Crippen LogP contribution in [0.4, 0.5) is 11.4 Å². The van der Waals surface area contributed by atoms with Gasteiger partial charge in [-0.3, -0.25) is 9.52 Å². The van der Waals surface area contributed by atoms with Crippen LogP contribution in [0, 0.1) is 20.8 Å². The fourth-order valence-electron chi connectivity index (χ4n) is 3.18. The van der Waals surface area contributed by atoms with E-state index < -0.39 is 16.1 Å². The number of sulfonamides is 1. The Labute approximate surface area is 189 Å². The summed E-state index contributed by atoms with van der Waals surface area (Å²) in [6.45, 7) is 7.65. The molecule has 0 unspecified atom stereocenters. The van der Waals surface area contributed by atoms with Gasteiger partial charge in [-0.05, 0) is 75.2 Å². The van der Waals surface area contributed by atoms with Gasteiger partial charge in [-0.1, -0.05) is 42.3 Å². The summed E-state index contributed by atoms with van der Waals surface area (Å²) in [5.74, 6) is 0.327. The van der Waals surface area contributed by atoms with Gasteiger partial charge in [-0.2, -0.15) is 0 Å². The number of rotatable bonds is 8. The first-order chi connectivity index (χ1) is 15.2. The number of hydrogen-bond donors (Lipinski definition) is 2. The van der Waals surface area contributed by atoms with Gasteiger partial charge in [0.1, 0.15) is 5.75 Å². The lowest BCUT2D eigenvalue weighted by Gasteiger charge is -2.17. The van der Waals surface area contributed by atoms with Crippen LogP contribution in [-0.2, 0) is 14.8 Å². The van der Waals surface area contributed by atoms with Crippen molar-refractivity contribution in [3.8, 4) is 5.75 Å². The Morgan fingerprint density at radius 1 is 0.906 bits per heavy atom. The minimum atomic E-state index is -3.75. The van der Waals surface area contributed by atoms with Crippen molar-refractivity contribution in [1.82, 2.24) is 0 Å². The molecule has 0 aromatic heterocycles. The van der Waals surface area contributed by atoms with Crippen LogP contribution in [0.25, 0.3) is 0 Å². The molecule has 32 heavy (non-hydrogen) atoms. The van der Waals surface area contributed by atoms with E-state index in [-0.39, 0.29) is 10.8 Å². The Hall–Kier alpha value is -3.32. The molecular weight excluding hydrogens is 424 g/mol. The Kier molecular flexibility index (Phi) is 7.20. The fraction of sp³-hybridized carbons (Fsp3) is 0.240. The minimum Gasteiger partial charge on any atom is -0.481 e. The van der Waals surface area contributed by atoms with Crippen molar-refractivity contribution < 1.29 is 17.9 Å². The molecule has 0 aliphatic rings. The molecule has 3 aromatic carbocycles. The van der Waals surface area contributed by atoms with Crippen LogP contribution in [0.15, 0.2) is 71.6 Å². The zero-order valence-corrected chi connectivity index (χ0v) is 19.5. The molecule has 0 saturated carbocycles. The van der Waals surface area contributed by atoms with Crippen LogP contribution < -0.4 is 14.8 Å². The second-order valence-corrected chi connectivity index (χ2v) is 9.45. The average molecular weight is 453 g/mol. The van der Waals surface area contributed by atoms with E-state index in [4.69, 9.17) is 4.74 Å². The van der Waals surface area contributed by atoms with E-state index in [2.05, 4.69) is 10.0 Å². The van der Waals surface area contributed by atoms with Crippen molar-refractivity contribution in [3.05, 3.63) is 83.4 Å². The number of nitrogens with one attached hydrogen (secondary N) is 2. The second kappa shape index (κ2) is 9.87. The van der Waals surface area contributed by atoms with Crippen molar-refractivity contribution in [1.29, 1.82) is 0 Å². The van der Waals surface area contributed by atoms with Crippen LogP contribution >= 0.6 is 0 Å². The van der Waals surface area contributed by atoms with Gasteiger partial charge in [0.05, 0.1) is 10.6 Å². The summed E-state index contributed by atoms with van der Waals surface area (Å²) in [7, 11) is -3.75. The second-order valence-electron chi connectivity index (χ2n) is 7.77. The number of hydrogen-bond acceptors (Lipinski definition) is 4. The smallest absolute Gasteiger partial charge is 0.265 e. The molecule has 0 spiro atoms. The molecule has 7 heteroatoms. The van der Waals surface area contributed by atoms with E-state index in [0.29, 0.717) is 23.5 Å². The van der Waals surface area contributed by atoms with Crippen molar-refractivity contribution in [3.63, 3.8) is 0 Å². The van der Waals surface area contributed by atoms with Gasteiger partial charge in [0.15, 0.2) is 6.10 Å². The van der Waals surface area contributed by atoms with E-state index in [9.17, 15) is 13.2 Å². The third kappa shape index (κ3) is 5.88. The number of carbonyl (C=O) groups excluding carboxylic acids is 1. The molecule has 3 rings (SSSR count). The van der Waals surface area contributed by atoms with Crippen LogP contribution in [0.2, 0.25) is 0 Å². The first kappa shape index (κ1) is 23.3. The molecule has 0 fully saturated rings. The molecule has 0 saturated heterocycles. The molecule has 0 heterocycles. The Bertz CT molecular complexity index is 1190. The number of aryl methyl sites for hydroxylation is 3. The lowest BCUT2D eigenvalue weighted by Crippen LogP contribution is -2.32. The van der Waals surface area contributed by atoms with Crippen LogP contribution in [0.5, 0.6) is 5.75 Å². The van der Waals surface area contributed by atoms with E-state index in [0.717, 1.165) is 16.7 Å². The predicted octanol–water partition coefficient (Wildman–Crippen LogP) is 5.21. The summed E-state index contributed by atoms with van der Waals surface area (Å²) in [6.07, 6.45) is -0.168. The molecule has 0 aliphatic carbocycles. The SMILES string of the molecule is CC[C@H](Oc1ccc(C)cc1)C(=O)Nc1ccc(S(=O)(=O)Nc2ccc(C)cc2C)cc1. The van der Waals surface area contributed by atoms with Crippen LogP contribution in [0.3, 0.4) is 0 Å². The highest BCUT2D eigenvalue weighted by atomic mass is 32.2. The average Bonchev–Trinajstić information content (AvgIpc) is 2.75. The monoisotopic (exact) mass is 452 g/mol. The maximum atomic E-state index is 12.7. The molecular formula is C25H28N2O4S. The zero-order chi connectivity index (χ0) is 23.3. The van der Waals surface area contributed by atoms with E-state index >= 15 is 0 Å². The standard InChI is InChI=1S/C25H28N2O4S/c1-5-24(31-21-11-6-17(2)7-12-21)25(28)26-20-9-13-22(14-10-20)32(29,30)27-23-15-8-18(3)16-19(23)4/h6-16,24,27H,5H2,1-4H3,(H,26,28)/t24-/m0/s1. The first-order valence-electron chi connectivity index (χ1n) is 10.4. The summed E-state index contributed by atoms with van der Waals surface area (Å²) in [4.78, 5) is 12.7. The molecule has 6 nitrogen and oxygen atoms in total. The lowest BCUT2D eigenvalue weighted by molar-refractivity contribution is -0.122. The number of benzene rings is 3. The van der Waals surface area contributed by atoms with Gasteiger partial charge < -0.3 is 10.1 Å². The Morgan fingerprint density at radius 2 is 1.53 bits per heavy atom. The predicted molar refractivity (Wildman–Crippen MR) is 128 cm³/mol. The highest BCUT2D eigenvalue weighted by Crippen LogP contribution is 2.22. The maximum absolute atomic E-state index is 12.7. The quantitative estimate of drug-likeness (QED) is 0.491. The van der Waals surface area contributed by atoms with Gasteiger partial charge in [-0.15, -0.1) is 0 Å². The number of anilines is 2. The molecule has 3 aromatic rings. The van der Waals surface area contributed by atoms with Crippen molar-refractivity contribution in [2.45, 2.75) is 45.1 Å². The van der Waals surface area contributed by atoms with E-state index in [1.807, 2.05) is 64.1 Å². The highest BCUT2D eigenvalue weighted by molar-refractivity contribution is 7.92. The minimum absolute atomic E-state index is 0.110. The van der Waals surface area contributed by atoms with Gasteiger partial charge >= 0.3 is 0 Å². The summed E-state index contributed by atoms with van der Waals surface area (Å²) in [5.41, 5.74) is 4.04. The van der Waals surface area contributed by atoms with Crippen LogP contribution in [-0.4, -0.2) is 20.4 Å². The zero-order valence-electron chi connectivity index (χ0n) is 18.7. The molecule has 2 N–H and O–H groups in total. The summed E-state index contributed by atoms with van der Waals surface area (Å²) < 4.78 is 33.9. The Balaban J connectivity index is 1.67. The lowest BCUT2D eigenvalue weighted by atomic mass is 10.1. The number of ether oxygens (including phenoxy) is 1. The molecule has 0 aliphatic heterocycles. The van der Waals surface area contributed by atoms with Gasteiger partial charge in [0.2, 0.25) is 0 Å². The third-order valence-corrected chi connectivity index (χ3v) is 6.40.